The summed E-state index contributed by atoms with van der Waals surface area (Å²) in [6, 6.07) is 7.00. The predicted molar refractivity (Wildman–Crippen MR) is 62.5 cm³/mol. The summed E-state index contributed by atoms with van der Waals surface area (Å²) in [7, 11) is 0. The molecule has 1 heterocycles. The van der Waals surface area contributed by atoms with Crippen molar-refractivity contribution in [2.24, 2.45) is 0 Å². The maximum Gasteiger partial charge on any atom is 0.307 e. The zero-order valence-electron chi connectivity index (χ0n) is 9.08. The van der Waals surface area contributed by atoms with E-state index in [0.29, 0.717) is 16.5 Å². The molecule has 2 aromatic rings. The molecule has 88 valence electrons. The van der Waals surface area contributed by atoms with Gasteiger partial charge in [-0.2, -0.15) is 0 Å². The van der Waals surface area contributed by atoms with Gasteiger partial charge in [-0.05, 0) is 13.0 Å². The Morgan fingerprint density at radius 2 is 2.18 bits per heavy atom. The number of aromatic nitrogens is 2. The van der Waals surface area contributed by atoms with E-state index in [1.54, 1.807) is 24.3 Å². The van der Waals surface area contributed by atoms with Crippen molar-refractivity contribution in [3.8, 4) is 10.9 Å². The number of hydrogen-bond donors (Lipinski definition) is 1. The monoisotopic (exact) mass is 250 g/mol. The van der Waals surface area contributed by atoms with Crippen LogP contribution in [0.1, 0.15) is 10.6 Å². The minimum atomic E-state index is -0.894. The van der Waals surface area contributed by atoms with Gasteiger partial charge in [0.2, 0.25) is 0 Å². The van der Waals surface area contributed by atoms with Crippen LogP contribution >= 0.6 is 11.3 Å². The lowest BCUT2D eigenvalue weighted by Gasteiger charge is -2.06. The molecule has 0 aliphatic carbocycles. The van der Waals surface area contributed by atoms with Crippen molar-refractivity contribution in [3.05, 3.63) is 34.8 Å². The standard InChI is InChI=1S/C11H10N2O3S/c1-7-12-13-11(17-7)16-9-5-3-2-4-8(9)6-10(14)15/h2-5H,6H2,1H3,(H,14,15). The molecule has 0 aliphatic heterocycles. The van der Waals surface area contributed by atoms with Gasteiger partial charge in [0, 0.05) is 5.56 Å². The van der Waals surface area contributed by atoms with Crippen molar-refractivity contribution < 1.29 is 14.6 Å². The quantitative estimate of drug-likeness (QED) is 0.901. The first-order valence-corrected chi connectivity index (χ1v) is 5.74. The number of aryl methyl sites for hydroxylation is 1. The number of aliphatic carboxylic acids is 1. The first kappa shape index (κ1) is 11.5. The van der Waals surface area contributed by atoms with Gasteiger partial charge in [0.1, 0.15) is 10.8 Å². The van der Waals surface area contributed by atoms with Crippen molar-refractivity contribution in [1.29, 1.82) is 0 Å². The van der Waals surface area contributed by atoms with Crippen LogP contribution in [-0.2, 0) is 11.2 Å². The Labute approximate surface area is 102 Å². The van der Waals surface area contributed by atoms with E-state index < -0.39 is 5.97 Å². The van der Waals surface area contributed by atoms with Gasteiger partial charge in [-0.15, -0.1) is 5.10 Å². The zero-order chi connectivity index (χ0) is 12.3. The average Bonchev–Trinajstić information content (AvgIpc) is 2.66. The third-order valence-corrected chi connectivity index (χ3v) is 2.74. The van der Waals surface area contributed by atoms with Gasteiger partial charge in [0.15, 0.2) is 0 Å². The number of carboxylic acid groups (broad SMARTS) is 1. The lowest BCUT2D eigenvalue weighted by Crippen LogP contribution is -2.01. The van der Waals surface area contributed by atoms with Crippen molar-refractivity contribution in [2.75, 3.05) is 0 Å². The summed E-state index contributed by atoms with van der Waals surface area (Å²) in [5.41, 5.74) is 0.618. The second kappa shape index (κ2) is 4.92. The highest BCUT2D eigenvalue weighted by Crippen LogP contribution is 2.27. The summed E-state index contributed by atoms with van der Waals surface area (Å²) in [6.45, 7) is 1.83. The number of nitrogens with zero attached hydrogens (tertiary/aromatic N) is 2. The maximum absolute atomic E-state index is 10.7. The minimum Gasteiger partial charge on any atom is -0.481 e. The largest absolute Gasteiger partial charge is 0.481 e. The molecule has 1 aromatic carbocycles. The second-order valence-electron chi connectivity index (χ2n) is 3.37. The molecular weight excluding hydrogens is 240 g/mol. The van der Waals surface area contributed by atoms with E-state index >= 15 is 0 Å². The molecule has 0 bridgehead atoms. The van der Waals surface area contributed by atoms with E-state index in [2.05, 4.69) is 10.2 Å². The van der Waals surface area contributed by atoms with Crippen LogP contribution in [0.25, 0.3) is 0 Å². The Hall–Kier alpha value is -1.95. The van der Waals surface area contributed by atoms with Crippen LogP contribution in [0, 0.1) is 6.92 Å². The average molecular weight is 250 g/mol. The molecule has 17 heavy (non-hydrogen) atoms. The van der Waals surface area contributed by atoms with E-state index in [-0.39, 0.29) is 6.42 Å². The third-order valence-electron chi connectivity index (χ3n) is 2.02. The molecule has 0 unspecified atom stereocenters. The van der Waals surface area contributed by atoms with Gasteiger partial charge in [0.25, 0.3) is 5.19 Å². The fourth-order valence-corrected chi connectivity index (χ4v) is 1.87. The van der Waals surface area contributed by atoms with Crippen LogP contribution in [0.2, 0.25) is 0 Å². The summed E-state index contributed by atoms with van der Waals surface area (Å²) in [5, 5.41) is 17.7. The molecular formula is C11H10N2O3S. The number of hydrogen-bond acceptors (Lipinski definition) is 5. The Bertz CT molecular complexity index is 539. The maximum atomic E-state index is 10.7. The molecule has 0 spiro atoms. The number of carbonyl (C=O) groups is 1. The Morgan fingerprint density at radius 3 is 2.82 bits per heavy atom. The normalized spacial score (nSPS) is 10.2. The highest BCUT2D eigenvalue weighted by molar-refractivity contribution is 7.13. The minimum absolute atomic E-state index is 0.0754. The van der Waals surface area contributed by atoms with Crippen LogP contribution in [0.4, 0.5) is 0 Å². The van der Waals surface area contributed by atoms with Crippen molar-refractivity contribution in [3.63, 3.8) is 0 Å². The molecule has 0 saturated carbocycles. The van der Waals surface area contributed by atoms with Gasteiger partial charge in [-0.3, -0.25) is 4.79 Å². The van der Waals surface area contributed by atoms with Crippen molar-refractivity contribution >= 4 is 17.3 Å². The first-order chi connectivity index (χ1) is 8.15. The van der Waals surface area contributed by atoms with Crippen LogP contribution in [-0.4, -0.2) is 21.3 Å². The lowest BCUT2D eigenvalue weighted by molar-refractivity contribution is -0.136. The fourth-order valence-electron chi connectivity index (χ4n) is 1.33. The highest BCUT2D eigenvalue weighted by Gasteiger charge is 2.10. The van der Waals surface area contributed by atoms with Gasteiger partial charge >= 0.3 is 5.97 Å². The van der Waals surface area contributed by atoms with Crippen LogP contribution < -0.4 is 4.74 Å². The van der Waals surface area contributed by atoms with Gasteiger partial charge in [-0.25, -0.2) is 0 Å². The van der Waals surface area contributed by atoms with Crippen LogP contribution in [0.5, 0.6) is 10.9 Å². The Kier molecular flexibility index (Phi) is 3.34. The molecule has 0 amide bonds. The smallest absolute Gasteiger partial charge is 0.307 e. The molecule has 1 N–H and O–H groups in total. The van der Waals surface area contributed by atoms with Gasteiger partial charge < -0.3 is 9.84 Å². The Balaban J connectivity index is 2.23. The van der Waals surface area contributed by atoms with Gasteiger partial charge in [-0.1, -0.05) is 34.6 Å². The van der Waals surface area contributed by atoms with E-state index in [1.165, 1.54) is 11.3 Å². The molecule has 6 heteroatoms. The Morgan fingerprint density at radius 1 is 1.41 bits per heavy atom. The summed E-state index contributed by atoms with van der Waals surface area (Å²) in [5.74, 6) is -0.388. The second-order valence-corrected chi connectivity index (χ2v) is 4.51. The highest BCUT2D eigenvalue weighted by atomic mass is 32.1. The summed E-state index contributed by atoms with van der Waals surface area (Å²) < 4.78 is 5.51. The molecule has 2 rings (SSSR count). The van der Waals surface area contributed by atoms with E-state index in [9.17, 15) is 4.79 Å². The molecule has 1 aromatic heterocycles. The summed E-state index contributed by atoms with van der Waals surface area (Å²) in [6.07, 6.45) is -0.0754. The molecule has 0 fully saturated rings. The zero-order valence-corrected chi connectivity index (χ0v) is 9.90. The topological polar surface area (TPSA) is 72.3 Å². The van der Waals surface area contributed by atoms with E-state index in [1.807, 2.05) is 6.92 Å². The number of benzene rings is 1. The first-order valence-electron chi connectivity index (χ1n) is 4.93. The molecule has 0 saturated heterocycles. The summed E-state index contributed by atoms with van der Waals surface area (Å²) in [4.78, 5) is 10.7. The van der Waals surface area contributed by atoms with Crippen LogP contribution in [0.3, 0.4) is 0 Å². The van der Waals surface area contributed by atoms with Crippen molar-refractivity contribution in [1.82, 2.24) is 10.2 Å². The molecule has 5 nitrogen and oxygen atoms in total. The van der Waals surface area contributed by atoms with Crippen LogP contribution in [0.15, 0.2) is 24.3 Å². The van der Waals surface area contributed by atoms with Crippen molar-refractivity contribution in [2.45, 2.75) is 13.3 Å². The predicted octanol–water partition coefficient (Wildman–Crippen LogP) is 2.27. The number of para-hydroxylation sites is 1. The number of ether oxygens (including phenoxy) is 1. The van der Waals surface area contributed by atoms with Gasteiger partial charge in [0.05, 0.1) is 6.42 Å². The molecule has 0 atom stereocenters. The molecule has 0 aliphatic rings. The summed E-state index contributed by atoms with van der Waals surface area (Å²) >= 11 is 1.32. The number of carboxylic acids is 1. The third kappa shape index (κ3) is 3.01. The molecule has 0 radical (unpaired) electrons. The SMILES string of the molecule is Cc1nnc(Oc2ccccc2CC(=O)O)s1. The number of rotatable bonds is 4. The van der Waals surface area contributed by atoms with E-state index in [0.717, 1.165) is 5.01 Å². The fraction of sp³-hybridized carbons (Fsp3) is 0.182. The van der Waals surface area contributed by atoms with E-state index in [4.69, 9.17) is 9.84 Å². The lowest BCUT2D eigenvalue weighted by atomic mass is 10.1.